The molecular formula is C19H22N2O4S. The van der Waals surface area contributed by atoms with Gasteiger partial charge < -0.3 is 4.90 Å². The summed E-state index contributed by atoms with van der Waals surface area (Å²) in [7, 11) is -3.63. The second kappa shape index (κ2) is 8.25. The number of rotatable bonds is 7. The van der Waals surface area contributed by atoms with Crippen molar-refractivity contribution in [1.82, 2.24) is 4.72 Å². The van der Waals surface area contributed by atoms with Gasteiger partial charge in [0.1, 0.15) is 0 Å². The van der Waals surface area contributed by atoms with Gasteiger partial charge in [0.25, 0.3) is 0 Å². The van der Waals surface area contributed by atoms with Gasteiger partial charge >= 0.3 is 0 Å². The van der Waals surface area contributed by atoms with Crippen LogP contribution in [0.2, 0.25) is 0 Å². The Balaban J connectivity index is 2.05. The molecule has 0 aliphatic carbocycles. The SMILES string of the molecule is CC(=O)c1ccc(N(CCNS(=O)(=O)c2ccc(C)cc2)C(C)=O)cc1. The Kier molecular flexibility index (Phi) is 6.28. The molecule has 0 unspecified atom stereocenters. The number of nitrogens with zero attached hydrogens (tertiary/aromatic N) is 1. The van der Waals surface area contributed by atoms with Gasteiger partial charge in [0.15, 0.2) is 5.78 Å². The van der Waals surface area contributed by atoms with Gasteiger partial charge in [-0.1, -0.05) is 17.7 Å². The average Bonchev–Trinajstić information content (AvgIpc) is 2.59. The van der Waals surface area contributed by atoms with E-state index in [2.05, 4.69) is 4.72 Å². The van der Waals surface area contributed by atoms with Crippen molar-refractivity contribution in [2.75, 3.05) is 18.0 Å². The molecule has 0 fully saturated rings. The van der Waals surface area contributed by atoms with Crippen molar-refractivity contribution in [3.8, 4) is 0 Å². The highest BCUT2D eigenvalue weighted by Crippen LogP contribution is 2.16. The molecule has 2 aromatic carbocycles. The molecule has 7 heteroatoms. The molecule has 2 rings (SSSR count). The number of carbonyl (C=O) groups excluding carboxylic acids is 2. The van der Waals surface area contributed by atoms with E-state index in [4.69, 9.17) is 0 Å². The van der Waals surface area contributed by atoms with Crippen LogP contribution in [0.5, 0.6) is 0 Å². The lowest BCUT2D eigenvalue weighted by Gasteiger charge is -2.21. The summed E-state index contributed by atoms with van der Waals surface area (Å²) in [5.41, 5.74) is 2.13. The van der Waals surface area contributed by atoms with Crippen molar-refractivity contribution in [2.24, 2.45) is 0 Å². The van der Waals surface area contributed by atoms with Gasteiger partial charge in [-0.25, -0.2) is 13.1 Å². The number of hydrogen-bond acceptors (Lipinski definition) is 4. The monoisotopic (exact) mass is 374 g/mol. The predicted molar refractivity (Wildman–Crippen MR) is 101 cm³/mol. The van der Waals surface area contributed by atoms with Gasteiger partial charge in [0.2, 0.25) is 15.9 Å². The van der Waals surface area contributed by atoms with Crippen LogP contribution in [0.15, 0.2) is 53.4 Å². The number of benzene rings is 2. The Morgan fingerprint density at radius 1 is 0.962 bits per heavy atom. The number of anilines is 1. The molecular weight excluding hydrogens is 352 g/mol. The third kappa shape index (κ3) is 5.00. The molecule has 2 aromatic rings. The maximum absolute atomic E-state index is 12.3. The highest BCUT2D eigenvalue weighted by Gasteiger charge is 2.16. The van der Waals surface area contributed by atoms with Crippen molar-refractivity contribution in [1.29, 1.82) is 0 Å². The molecule has 138 valence electrons. The number of nitrogens with one attached hydrogen (secondary N) is 1. The molecule has 0 radical (unpaired) electrons. The highest BCUT2D eigenvalue weighted by molar-refractivity contribution is 7.89. The third-order valence-corrected chi connectivity index (χ3v) is 5.40. The molecule has 0 atom stereocenters. The maximum Gasteiger partial charge on any atom is 0.240 e. The van der Waals surface area contributed by atoms with Crippen LogP contribution in [-0.4, -0.2) is 33.2 Å². The average molecular weight is 374 g/mol. The quantitative estimate of drug-likeness (QED) is 0.755. The Bertz CT molecular complexity index is 888. The molecule has 1 N–H and O–H groups in total. The second-order valence-corrected chi connectivity index (χ2v) is 7.75. The van der Waals surface area contributed by atoms with E-state index in [-0.39, 0.29) is 29.7 Å². The van der Waals surface area contributed by atoms with Gasteiger partial charge in [0, 0.05) is 31.3 Å². The summed E-state index contributed by atoms with van der Waals surface area (Å²) >= 11 is 0. The van der Waals surface area contributed by atoms with Gasteiger partial charge in [-0.3, -0.25) is 9.59 Å². The first kappa shape index (κ1) is 19.8. The fourth-order valence-electron chi connectivity index (χ4n) is 2.44. The van der Waals surface area contributed by atoms with Crippen molar-refractivity contribution in [3.05, 3.63) is 59.7 Å². The van der Waals surface area contributed by atoms with Gasteiger partial charge in [-0.15, -0.1) is 0 Å². The Morgan fingerprint density at radius 3 is 2.04 bits per heavy atom. The Morgan fingerprint density at radius 2 is 1.54 bits per heavy atom. The van der Waals surface area contributed by atoms with Crippen LogP contribution in [0.25, 0.3) is 0 Å². The van der Waals surface area contributed by atoms with E-state index in [1.54, 1.807) is 48.5 Å². The van der Waals surface area contributed by atoms with E-state index in [1.165, 1.54) is 18.7 Å². The topological polar surface area (TPSA) is 83.6 Å². The molecule has 0 saturated carbocycles. The van der Waals surface area contributed by atoms with E-state index < -0.39 is 10.0 Å². The molecule has 0 aliphatic heterocycles. The van der Waals surface area contributed by atoms with Gasteiger partial charge in [0.05, 0.1) is 4.90 Å². The lowest BCUT2D eigenvalue weighted by atomic mass is 10.1. The van der Waals surface area contributed by atoms with Crippen LogP contribution in [0.4, 0.5) is 5.69 Å². The summed E-state index contributed by atoms with van der Waals surface area (Å²) in [5.74, 6) is -0.271. The largest absolute Gasteiger partial charge is 0.311 e. The van der Waals surface area contributed by atoms with Gasteiger partial charge in [-0.05, 0) is 50.2 Å². The number of hydrogen-bond donors (Lipinski definition) is 1. The summed E-state index contributed by atoms with van der Waals surface area (Å²) in [6.07, 6.45) is 0. The number of carbonyl (C=O) groups is 2. The molecule has 0 bridgehead atoms. The fraction of sp³-hybridized carbons (Fsp3) is 0.263. The lowest BCUT2D eigenvalue weighted by Crippen LogP contribution is -2.37. The second-order valence-electron chi connectivity index (χ2n) is 5.98. The molecule has 0 saturated heterocycles. The Hall–Kier alpha value is -2.51. The zero-order valence-electron chi connectivity index (χ0n) is 15.0. The predicted octanol–water partition coefficient (Wildman–Crippen LogP) is 2.53. The van der Waals surface area contributed by atoms with E-state index in [0.717, 1.165) is 5.56 Å². The van der Waals surface area contributed by atoms with Crippen LogP contribution in [-0.2, 0) is 14.8 Å². The van der Waals surface area contributed by atoms with E-state index >= 15 is 0 Å². The number of amides is 1. The zero-order valence-corrected chi connectivity index (χ0v) is 15.8. The number of sulfonamides is 1. The summed E-state index contributed by atoms with van der Waals surface area (Å²) in [4.78, 5) is 24.9. The number of ketones is 1. The standard InChI is InChI=1S/C19H22N2O4S/c1-14-4-10-19(11-5-14)26(24,25)20-12-13-21(16(3)23)18-8-6-17(7-9-18)15(2)22/h4-11,20H,12-13H2,1-3H3. The Labute approximate surface area is 153 Å². The van der Waals surface area contributed by atoms with Crippen LogP contribution in [0, 0.1) is 6.92 Å². The molecule has 0 heterocycles. The normalized spacial score (nSPS) is 11.2. The first-order chi connectivity index (χ1) is 12.2. The fourth-order valence-corrected chi connectivity index (χ4v) is 3.46. The lowest BCUT2D eigenvalue weighted by molar-refractivity contribution is -0.116. The zero-order chi connectivity index (χ0) is 19.3. The third-order valence-electron chi connectivity index (χ3n) is 3.92. The first-order valence-corrected chi connectivity index (χ1v) is 9.64. The van der Waals surface area contributed by atoms with Crippen LogP contribution in [0.1, 0.15) is 29.8 Å². The molecule has 26 heavy (non-hydrogen) atoms. The van der Waals surface area contributed by atoms with Crippen LogP contribution >= 0.6 is 0 Å². The molecule has 1 amide bonds. The van der Waals surface area contributed by atoms with Crippen molar-refractivity contribution in [3.63, 3.8) is 0 Å². The van der Waals surface area contributed by atoms with E-state index in [9.17, 15) is 18.0 Å². The number of aryl methyl sites for hydroxylation is 1. The minimum Gasteiger partial charge on any atom is -0.311 e. The van der Waals surface area contributed by atoms with Crippen molar-refractivity contribution in [2.45, 2.75) is 25.7 Å². The van der Waals surface area contributed by atoms with E-state index in [1.807, 2.05) is 6.92 Å². The molecule has 0 aliphatic rings. The minimum atomic E-state index is -3.63. The smallest absolute Gasteiger partial charge is 0.240 e. The maximum atomic E-state index is 12.3. The summed E-state index contributed by atoms with van der Waals surface area (Å²) in [5, 5.41) is 0. The summed E-state index contributed by atoms with van der Waals surface area (Å²) in [6.45, 7) is 5.01. The highest BCUT2D eigenvalue weighted by atomic mass is 32.2. The summed E-state index contributed by atoms with van der Waals surface area (Å²) in [6, 6.07) is 13.2. The minimum absolute atomic E-state index is 0.0585. The van der Waals surface area contributed by atoms with Crippen molar-refractivity contribution < 1.29 is 18.0 Å². The number of Topliss-reactive ketones (excluding diaryl/α,β-unsaturated/α-hetero) is 1. The van der Waals surface area contributed by atoms with Gasteiger partial charge in [-0.2, -0.15) is 0 Å². The molecule has 6 nitrogen and oxygen atoms in total. The summed E-state index contributed by atoms with van der Waals surface area (Å²) < 4.78 is 27.1. The van der Waals surface area contributed by atoms with Crippen LogP contribution in [0.3, 0.4) is 0 Å². The van der Waals surface area contributed by atoms with E-state index in [0.29, 0.717) is 11.3 Å². The van der Waals surface area contributed by atoms with Crippen molar-refractivity contribution >= 4 is 27.4 Å². The molecule has 0 aromatic heterocycles. The first-order valence-electron chi connectivity index (χ1n) is 8.16. The van der Waals surface area contributed by atoms with Crippen LogP contribution < -0.4 is 9.62 Å². The molecule has 0 spiro atoms.